The second-order valence-corrected chi connectivity index (χ2v) is 7.71. The summed E-state index contributed by atoms with van der Waals surface area (Å²) < 4.78 is 15.0. The summed E-state index contributed by atoms with van der Waals surface area (Å²) in [7, 11) is 5.43. The Kier molecular flexibility index (Phi) is 5.21. The SMILES string of the molecule is COc1ccc(CCn2cccc3sn(C)c4ccc(OC)cc4nc2-3)cc1. The topological polar surface area (TPSA) is 41.2 Å². The van der Waals surface area contributed by atoms with Gasteiger partial charge in [-0.25, -0.2) is 4.98 Å². The molecule has 0 radical (unpaired) electrons. The van der Waals surface area contributed by atoms with E-state index in [9.17, 15) is 0 Å². The summed E-state index contributed by atoms with van der Waals surface area (Å²) >= 11 is 1.69. The Bertz CT molecular complexity index is 1110. The number of hydrogen-bond donors (Lipinski definition) is 0. The first-order valence-corrected chi connectivity index (χ1v) is 9.92. The second-order valence-electron chi connectivity index (χ2n) is 6.54. The van der Waals surface area contributed by atoms with Crippen LogP contribution in [0, 0.1) is 0 Å². The van der Waals surface area contributed by atoms with E-state index in [1.807, 2.05) is 24.3 Å². The Balaban J connectivity index is 1.74. The monoisotopic (exact) mass is 393 g/mol. The van der Waals surface area contributed by atoms with Gasteiger partial charge in [0.25, 0.3) is 0 Å². The third-order valence-corrected chi connectivity index (χ3v) is 5.78. The fourth-order valence-corrected chi connectivity index (χ4v) is 4.16. The van der Waals surface area contributed by atoms with E-state index in [-0.39, 0.29) is 0 Å². The van der Waals surface area contributed by atoms with Crippen molar-refractivity contribution in [1.29, 1.82) is 0 Å². The highest BCUT2D eigenvalue weighted by Crippen LogP contribution is 2.28. The molecule has 0 amide bonds. The van der Waals surface area contributed by atoms with E-state index in [1.165, 1.54) is 5.56 Å². The summed E-state index contributed by atoms with van der Waals surface area (Å²) in [5, 5.41) is 0. The summed E-state index contributed by atoms with van der Waals surface area (Å²) in [6, 6.07) is 18.4. The molecule has 0 aliphatic carbocycles. The van der Waals surface area contributed by atoms with Gasteiger partial charge in [-0.2, -0.15) is 0 Å². The Morgan fingerprint density at radius 3 is 2.46 bits per heavy atom. The number of benzene rings is 2. The molecular weight excluding hydrogens is 370 g/mol. The van der Waals surface area contributed by atoms with E-state index < -0.39 is 0 Å². The molecule has 0 unspecified atom stereocenters. The van der Waals surface area contributed by atoms with Gasteiger partial charge in [0.2, 0.25) is 0 Å². The van der Waals surface area contributed by atoms with E-state index in [4.69, 9.17) is 14.5 Å². The van der Waals surface area contributed by atoms with Crippen LogP contribution in [-0.4, -0.2) is 27.7 Å². The molecule has 2 heterocycles. The number of fused-ring (bicyclic) bond motifs is 2. The largest absolute Gasteiger partial charge is 0.497 e. The van der Waals surface area contributed by atoms with E-state index >= 15 is 0 Å². The summed E-state index contributed by atoms with van der Waals surface area (Å²) in [6.07, 6.45) is 3.02. The lowest BCUT2D eigenvalue weighted by atomic mass is 10.1. The first-order valence-electron chi connectivity index (χ1n) is 9.15. The Hall–Kier alpha value is -2.99. The van der Waals surface area contributed by atoms with Crippen LogP contribution in [0.15, 0.2) is 60.8 Å². The average Bonchev–Trinajstić information content (AvgIpc) is 2.88. The van der Waals surface area contributed by atoms with Crippen LogP contribution in [0.2, 0.25) is 0 Å². The van der Waals surface area contributed by atoms with Gasteiger partial charge >= 0.3 is 0 Å². The molecule has 0 saturated heterocycles. The smallest absolute Gasteiger partial charge is 0.152 e. The molecule has 0 N–H and O–H groups in total. The van der Waals surface area contributed by atoms with Crippen LogP contribution in [0.1, 0.15) is 5.56 Å². The molecule has 2 aromatic rings. The van der Waals surface area contributed by atoms with Gasteiger partial charge in [-0.05, 0) is 48.4 Å². The molecular formula is C22H23N3O2S. The van der Waals surface area contributed by atoms with Crippen molar-refractivity contribution in [2.75, 3.05) is 14.2 Å². The zero-order valence-corrected chi connectivity index (χ0v) is 17.1. The predicted octanol–water partition coefficient (Wildman–Crippen LogP) is 4.93. The summed E-state index contributed by atoms with van der Waals surface area (Å²) in [5.74, 6) is 2.66. The molecule has 0 fully saturated rings. The molecule has 144 valence electrons. The van der Waals surface area contributed by atoms with Gasteiger partial charge in [0.15, 0.2) is 5.82 Å². The van der Waals surface area contributed by atoms with Crippen molar-refractivity contribution >= 4 is 22.6 Å². The van der Waals surface area contributed by atoms with Gasteiger partial charge in [-0.1, -0.05) is 23.7 Å². The molecule has 2 aliphatic rings. The maximum atomic E-state index is 5.40. The maximum Gasteiger partial charge on any atom is 0.152 e. The van der Waals surface area contributed by atoms with Crippen molar-refractivity contribution in [2.45, 2.75) is 13.0 Å². The number of rotatable bonds is 5. The minimum absolute atomic E-state index is 0.810. The van der Waals surface area contributed by atoms with Crippen molar-refractivity contribution in [3.05, 3.63) is 66.4 Å². The summed E-state index contributed by atoms with van der Waals surface area (Å²) in [6.45, 7) is 0.850. The number of methoxy groups -OCH3 is 2. The summed E-state index contributed by atoms with van der Waals surface area (Å²) in [5.41, 5.74) is 3.26. The van der Waals surface area contributed by atoms with Crippen LogP contribution in [0.3, 0.4) is 0 Å². The van der Waals surface area contributed by atoms with Gasteiger partial charge in [0, 0.05) is 25.9 Å². The molecule has 2 aromatic carbocycles. The lowest BCUT2D eigenvalue weighted by molar-refractivity contribution is 0.414. The van der Waals surface area contributed by atoms with Crippen molar-refractivity contribution in [1.82, 2.24) is 13.5 Å². The number of nitrogens with zero attached hydrogens (tertiary/aromatic N) is 3. The molecule has 0 atom stereocenters. The highest BCUT2D eigenvalue weighted by molar-refractivity contribution is 7.10. The van der Waals surface area contributed by atoms with Gasteiger partial charge < -0.3 is 14.0 Å². The molecule has 6 heteroatoms. The van der Waals surface area contributed by atoms with Crippen LogP contribution in [0.5, 0.6) is 11.5 Å². The molecule has 2 aliphatic heterocycles. The zero-order chi connectivity index (χ0) is 19.5. The Morgan fingerprint density at radius 1 is 0.964 bits per heavy atom. The third-order valence-electron chi connectivity index (χ3n) is 4.79. The van der Waals surface area contributed by atoms with E-state index in [0.29, 0.717) is 0 Å². The van der Waals surface area contributed by atoms with Gasteiger partial charge in [0.05, 0.1) is 30.1 Å². The van der Waals surface area contributed by atoms with Crippen LogP contribution in [0.25, 0.3) is 21.7 Å². The lowest BCUT2D eigenvalue weighted by Crippen LogP contribution is -2.06. The molecule has 28 heavy (non-hydrogen) atoms. The molecule has 0 saturated carbocycles. The minimum Gasteiger partial charge on any atom is -0.497 e. The molecule has 0 aromatic heterocycles. The van der Waals surface area contributed by atoms with Gasteiger partial charge in [0.1, 0.15) is 11.5 Å². The fourth-order valence-electron chi connectivity index (χ4n) is 3.23. The Morgan fingerprint density at radius 2 is 1.71 bits per heavy atom. The zero-order valence-electron chi connectivity index (χ0n) is 16.3. The quantitative estimate of drug-likeness (QED) is 0.483. The fraction of sp³-hybridized carbons (Fsp3) is 0.227. The van der Waals surface area contributed by atoms with Crippen LogP contribution in [0.4, 0.5) is 0 Å². The average molecular weight is 394 g/mol. The molecule has 0 spiro atoms. The summed E-state index contributed by atoms with van der Waals surface area (Å²) in [4.78, 5) is 6.14. The molecule has 0 bridgehead atoms. The standard InChI is InChI=1S/C22H23N3O2S/c1-24-20-11-10-18(27-3)15-19(20)23-22-21(28-24)5-4-13-25(22)14-12-16-6-8-17(26-2)9-7-16/h4-11,13,15H,12,14H2,1-3H3. The number of aromatic nitrogens is 3. The minimum atomic E-state index is 0.810. The van der Waals surface area contributed by atoms with Crippen molar-refractivity contribution in [2.24, 2.45) is 7.05 Å². The van der Waals surface area contributed by atoms with E-state index in [1.54, 1.807) is 25.8 Å². The Labute approximate surface area is 168 Å². The van der Waals surface area contributed by atoms with Crippen molar-refractivity contribution < 1.29 is 9.47 Å². The van der Waals surface area contributed by atoms with E-state index in [0.717, 1.165) is 46.2 Å². The van der Waals surface area contributed by atoms with Gasteiger partial charge in [-0.3, -0.25) is 3.96 Å². The third kappa shape index (κ3) is 3.68. The number of hydrogen-bond acceptors (Lipinski definition) is 4. The van der Waals surface area contributed by atoms with Crippen molar-refractivity contribution in [3.63, 3.8) is 0 Å². The van der Waals surface area contributed by atoms with Gasteiger partial charge in [-0.15, -0.1) is 0 Å². The number of ether oxygens (including phenoxy) is 2. The highest BCUT2D eigenvalue weighted by atomic mass is 32.1. The van der Waals surface area contributed by atoms with Crippen molar-refractivity contribution in [3.8, 4) is 22.2 Å². The number of aryl methyl sites for hydroxylation is 3. The lowest BCUT2D eigenvalue weighted by Gasteiger charge is -2.12. The molecule has 4 rings (SSSR count). The number of pyridine rings is 1. The second kappa shape index (κ2) is 7.94. The van der Waals surface area contributed by atoms with Crippen LogP contribution < -0.4 is 9.47 Å². The van der Waals surface area contributed by atoms with Crippen LogP contribution in [-0.2, 0) is 20.0 Å². The first-order chi connectivity index (χ1) is 13.7. The predicted molar refractivity (Wildman–Crippen MR) is 114 cm³/mol. The van der Waals surface area contributed by atoms with Crippen LogP contribution >= 0.6 is 11.5 Å². The highest BCUT2D eigenvalue weighted by Gasteiger charge is 2.11. The molecule has 5 nitrogen and oxygen atoms in total. The maximum absolute atomic E-state index is 5.40. The first kappa shape index (κ1) is 18.4. The van der Waals surface area contributed by atoms with E-state index in [2.05, 4.69) is 52.1 Å². The normalized spacial score (nSPS) is 11.0.